The van der Waals surface area contributed by atoms with E-state index in [0.717, 1.165) is 16.8 Å². The summed E-state index contributed by atoms with van der Waals surface area (Å²) in [5.41, 5.74) is 3.78. The minimum Gasteiger partial charge on any atom is -0.453 e. The Morgan fingerprint density at radius 2 is 2.20 bits per heavy atom. The second-order valence-corrected chi connectivity index (χ2v) is 9.51. The molecule has 2 aliphatic heterocycles. The van der Waals surface area contributed by atoms with Crippen LogP contribution in [0.2, 0.25) is 5.02 Å². The largest absolute Gasteiger partial charge is 0.453 e. The van der Waals surface area contributed by atoms with Crippen molar-refractivity contribution < 1.29 is 18.3 Å². The molecule has 1 amide bonds. The molecule has 35 heavy (non-hydrogen) atoms. The van der Waals surface area contributed by atoms with Crippen molar-refractivity contribution in [2.24, 2.45) is 4.99 Å². The van der Waals surface area contributed by atoms with Crippen molar-refractivity contribution >= 4 is 40.4 Å². The number of aliphatic imine (C=N–C) groups is 1. The van der Waals surface area contributed by atoms with Crippen molar-refractivity contribution in [1.29, 1.82) is 0 Å². The number of amidine groups is 1. The molecule has 12 heteroatoms. The quantitative estimate of drug-likeness (QED) is 0.511. The van der Waals surface area contributed by atoms with Gasteiger partial charge in [0.1, 0.15) is 6.04 Å². The number of rotatable bonds is 5. The number of methoxy groups -OCH3 is 1. The Balaban J connectivity index is 1.70. The lowest BCUT2D eigenvalue weighted by Gasteiger charge is -2.32. The van der Waals surface area contributed by atoms with E-state index in [-0.39, 0.29) is 6.04 Å². The third kappa shape index (κ3) is 4.41. The van der Waals surface area contributed by atoms with E-state index in [4.69, 9.17) is 21.3 Å². The molecule has 0 unspecified atom stereocenters. The molecule has 0 bridgehead atoms. The summed E-state index contributed by atoms with van der Waals surface area (Å²) in [6, 6.07) is 4.82. The van der Waals surface area contributed by atoms with E-state index >= 15 is 0 Å². The maximum absolute atomic E-state index is 13.4. The Hall–Kier alpha value is -3.31. The number of hydrogen-bond donors (Lipinski definition) is 1. The summed E-state index contributed by atoms with van der Waals surface area (Å²) in [6.45, 7) is -0.416. The first-order valence-electron chi connectivity index (χ1n) is 10.8. The number of aryl methyl sites for hydroxylation is 1. The fourth-order valence-electron chi connectivity index (χ4n) is 4.44. The van der Waals surface area contributed by atoms with Crippen molar-refractivity contribution in [3.63, 3.8) is 0 Å². The minimum absolute atomic E-state index is 0.282. The Morgan fingerprint density at radius 1 is 1.37 bits per heavy atom. The van der Waals surface area contributed by atoms with Gasteiger partial charge in [0.15, 0.2) is 10.8 Å². The van der Waals surface area contributed by atoms with E-state index in [9.17, 15) is 13.6 Å². The molecule has 4 heterocycles. The molecule has 5 rings (SSSR count). The zero-order chi connectivity index (χ0) is 24.7. The summed E-state index contributed by atoms with van der Waals surface area (Å²) >= 11 is 8.11. The Morgan fingerprint density at radius 3 is 2.86 bits per heavy atom. The monoisotopic (exact) mass is 518 g/mol. The lowest BCUT2D eigenvalue weighted by molar-refractivity contribution is 0.0566. The highest BCUT2D eigenvalue weighted by molar-refractivity contribution is 7.11. The molecular weight excluding hydrogens is 498 g/mol. The van der Waals surface area contributed by atoms with Crippen LogP contribution < -0.4 is 5.32 Å². The molecule has 0 saturated carbocycles. The molecule has 1 aromatic carbocycles. The van der Waals surface area contributed by atoms with Gasteiger partial charge in [0.05, 0.1) is 19.3 Å². The number of thiazole rings is 1. The maximum atomic E-state index is 13.4. The predicted molar refractivity (Wildman–Crippen MR) is 129 cm³/mol. The average Bonchev–Trinajstić information content (AvgIpc) is 3.58. The van der Waals surface area contributed by atoms with Gasteiger partial charge >= 0.3 is 12.6 Å². The van der Waals surface area contributed by atoms with Crippen LogP contribution in [-0.2, 0) is 4.74 Å². The fourth-order valence-corrected chi connectivity index (χ4v) is 5.42. The molecule has 8 nitrogen and oxygen atoms in total. The van der Waals surface area contributed by atoms with Gasteiger partial charge in [0.25, 0.3) is 0 Å². The van der Waals surface area contributed by atoms with Gasteiger partial charge in [-0.2, -0.15) is 13.9 Å². The first-order valence-corrected chi connectivity index (χ1v) is 12.0. The van der Waals surface area contributed by atoms with E-state index in [0.29, 0.717) is 44.6 Å². The van der Waals surface area contributed by atoms with Crippen molar-refractivity contribution in [2.45, 2.75) is 32.0 Å². The first-order chi connectivity index (χ1) is 16.9. The highest BCUT2D eigenvalue weighted by Gasteiger charge is 2.41. The molecule has 2 aliphatic rings. The standard InChI is InChI=1S/C23H21ClF2N6O2S/c1-12-3-4-15(16(24)7-12)19-18(13-9-28-32(10-13)22(25)26)17-8-14(29-23(33)34-2)11-31(17)20(30-19)21-27-5-6-35-21/h3-7,9-10,14,19,22H,8,11H2,1-2H3,(H,29,33)/t14-,19-/m0/s1. The molecule has 1 N–H and O–H groups in total. The zero-order valence-electron chi connectivity index (χ0n) is 18.8. The Kier molecular flexibility index (Phi) is 6.28. The van der Waals surface area contributed by atoms with Crippen LogP contribution in [0.1, 0.15) is 40.7 Å². The van der Waals surface area contributed by atoms with E-state index < -0.39 is 18.7 Å². The van der Waals surface area contributed by atoms with Gasteiger partial charge in [-0.3, -0.25) is 4.99 Å². The molecular formula is C23H21ClF2N6O2S. The van der Waals surface area contributed by atoms with Crippen LogP contribution in [0.3, 0.4) is 0 Å². The minimum atomic E-state index is -2.78. The van der Waals surface area contributed by atoms with Crippen LogP contribution in [0.4, 0.5) is 13.6 Å². The van der Waals surface area contributed by atoms with E-state index in [2.05, 4.69) is 15.4 Å². The van der Waals surface area contributed by atoms with Crippen LogP contribution in [0, 0.1) is 6.92 Å². The molecule has 1 fully saturated rings. The van der Waals surface area contributed by atoms with E-state index in [1.165, 1.54) is 30.8 Å². The average molecular weight is 519 g/mol. The summed E-state index contributed by atoms with van der Waals surface area (Å²) in [5.74, 6) is 0.635. The molecule has 3 aromatic rings. The van der Waals surface area contributed by atoms with E-state index in [1.54, 1.807) is 6.20 Å². The smallest absolute Gasteiger partial charge is 0.407 e. The van der Waals surface area contributed by atoms with Crippen molar-refractivity contribution in [2.75, 3.05) is 13.7 Å². The zero-order valence-corrected chi connectivity index (χ0v) is 20.4. The van der Waals surface area contributed by atoms with Crippen LogP contribution in [-0.4, -0.2) is 51.3 Å². The summed E-state index contributed by atoms with van der Waals surface area (Å²) in [7, 11) is 1.30. The number of hydrogen-bond acceptors (Lipinski definition) is 7. The Bertz CT molecular complexity index is 1320. The van der Waals surface area contributed by atoms with Crippen molar-refractivity contribution in [3.05, 3.63) is 74.6 Å². The highest BCUT2D eigenvalue weighted by atomic mass is 35.5. The van der Waals surface area contributed by atoms with Crippen LogP contribution >= 0.6 is 22.9 Å². The van der Waals surface area contributed by atoms with Gasteiger partial charge in [-0.05, 0) is 24.1 Å². The Labute approximate surface area is 208 Å². The van der Waals surface area contributed by atoms with Crippen LogP contribution in [0.15, 0.2) is 52.9 Å². The van der Waals surface area contributed by atoms with Crippen LogP contribution in [0.5, 0.6) is 0 Å². The molecule has 2 atom stereocenters. The summed E-state index contributed by atoms with van der Waals surface area (Å²) in [6.07, 6.45) is 4.31. The summed E-state index contributed by atoms with van der Waals surface area (Å²) in [5, 5.41) is 9.78. The van der Waals surface area contributed by atoms with Crippen LogP contribution in [0.25, 0.3) is 5.57 Å². The van der Waals surface area contributed by atoms with Crippen molar-refractivity contribution in [3.8, 4) is 0 Å². The van der Waals surface area contributed by atoms with Crippen molar-refractivity contribution in [1.82, 2.24) is 25.0 Å². The number of ether oxygens (including phenoxy) is 1. The van der Waals surface area contributed by atoms with Gasteiger partial charge in [0, 0.05) is 52.6 Å². The molecule has 0 aliphatic carbocycles. The third-order valence-electron chi connectivity index (χ3n) is 5.95. The molecule has 2 aromatic heterocycles. The van der Waals surface area contributed by atoms with Gasteiger partial charge in [0.2, 0.25) is 0 Å². The number of halogens is 3. The third-order valence-corrected chi connectivity index (χ3v) is 7.05. The van der Waals surface area contributed by atoms with Gasteiger partial charge in [-0.25, -0.2) is 14.5 Å². The molecule has 182 valence electrons. The normalized spacial score (nSPS) is 19.7. The second kappa shape index (κ2) is 9.38. The van der Waals surface area contributed by atoms with E-state index in [1.807, 2.05) is 35.4 Å². The number of fused-ring (bicyclic) bond motifs is 1. The molecule has 0 spiro atoms. The second-order valence-electron chi connectivity index (χ2n) is 8.21. The number of alkyl halides is 2. The number of carbonyl (C=O) groups excluding carboxylic acids is 1. The lowest BCUT2D eigenvalue weighted by atomic mass is 9.90. The number of nitrogens with zero attached hydrogens (tertiary/aromatic N) is 5. The lowest BCUT2D eigenvalue weighted by Crippen LogP contribution is -2.39. The van der Waals surface area contributed by atoms with Gasteiger partial charge in [-0.15, -0.1) is 11.3 Å². The highest BCUT2D eigenvalue weighted by Crippen LogP contribution is 2.46. The molecule has 1 saturated heterocycles. The number of amides is 1. The fraction of sp³-hybridized carbons (Fsp3) is 0.304. The number of nitrogens with one attached hydrogen (secondary N) is 1. The number of alkyl carbamates (subject to hydrolysis) is 1. The first kappa shape index (κ1) is 23.4. The van der Waals surface area contributed by atoms with Gasteiger partial charge in [-0.1, -0.05) is 23.7 Å². The molecule has 0 radical (unpaired) electrons. The van der Waals surface area contributed by atoms with Gasteiger partial charge < -0.3 is 15.0 Å². The topological polar surface area (TPSA) is 84.6 Å². The maximum Gasteiger partial charge on any atom is 0.407 e. The predicted octanol–water partition coefficient (Wildman–Crippen LogP) is 5.04. The summed E-state index contributed by atoms with van der Waals surface area (Å²) < 4.78 is 32.2. The SMILES string of the molecule is COC(=O)N[C@H]1CC2=C(c3cnn(C(F)F)c3)[C@H](c3ccc(C)cc3Cl)N=C(c3nccs3)N2C1. The number of benzene rings is 1. The number of carbonyl (C=O) groups is 1. The summed E-state index contributed by atoms with van der Waals surface area (Å²) in [4.78, 5) is 23.4. The number of aromatic nitrogens is 3.